The summed E-state index contributed by atoms with van der Waals surface area (Å²) in [5.41, 5.74) is 5.34. The summed E-state index contributed by atoms with van der Waals surface area (Å²) in [6.07, 6.45) is 3.71. The molecule has 1 heterocycles. The van der Waals surface area contributed by atoms with Gasteiger partial charge in [0.1, 0.15) is 6.61 Å². The van der Waals surface area contributed by atoms with E-state index in [1.54, 1.807) is 11.5 Å². The molecule has 0 unspecified atom stereocenters. The zero-order chi connectivity index (χ0) is 20.9. The van der Waals surface area contributed by atoms with Crippen LogP contribution in [0, 0.1) is 0 Å². The second-order valence-electron chi connectivity index (χ2n) is 6.83. The van der Waals surface area contributed by atoms with Gasteiger partial charge in [0, 0.05) is 17.8 Å². The van der Waals surface area contributed by atoms with Crippen molar-refractivity contribution < 1.29 is 19.4 Å². The van der Waals surface area contributed by atoms with Gasteiger partial charge in [0.2, 0.25) is 5.01 Å². The van der Waals surface area contributed by atoms with Crippen LogP contribution >= 0.6 is 11.3 Å². The summed E-state index contributed by atoms with van der Waals surface area (Å²) in [5, 5.41) is 13.3. The SMILES string of the molecule is O=C(NCCC=Cc1csc(C(=O)O)n1)OCC1c2ccccc2-c2ccccc21. The van der Waals surface area contributed by atoms with Crippen LogP contribution < -0.4 is 5.32 Å². The van der Waals surface area contributed by atoms with Crippen molar-refractivity contribution in [2.75, 3.05) is 13.2 Å². The molecule has 0 bridgehead atoms. The molecule has 3 aromatic rings. The van der Waals surface area contributed by atoms with Gasteiger partial charge in [0.25, 0.3) is 0 Å². The Morgan fingerprint density at radius 3 is 2.40 bits per heavy atom. The molecule has 6 nitrogen and oxygen atoms in total. The lowest BCUT2D eigenvalue weighted by Crippen LogP contribution is -2.26. The molecule has 7 heteroatoms. The Hall–Kier alpha value is -3.45. The van der Waals surface area contributed by atoms with E-state index in [9.17, 15) is 9.59 Å². The minimum Gasteiger partial charge on any atom is -0.476 e. The number of hydrogen-bond donors (Lipinski definition) is 2. The topological polar surface area (TPSA) is 88.5 Å². The summed E-state index contributed by atoms with van der Waals surface area (Å²) >= 11 is 1.08. The Morgan fingerprint density at radius 2 is 1.77 bits per heavy atom. The monoisotopic (exact) mass is 420 g/mol. The number of rotatable bonds is 7. The van der Waals surface area contributed by atoms with Gasteiger partial charge in [-0.15, -0.1) is 11.3 Å². The summed E-state index contributed by atoms with van der Waals surface area (Å²) in [7, 11) is 0. The molecule has 0 saturated carbocycles. The summed E-state index contributed by atoms with van der Waals surface area (Å²) in [6, 6.07) is 16.4. The van der Waals surface area contributed by atoms with Crippen molar-refractivity contribution in [3.63, 3.8) is 0 Å². The first-order valence-electron chi connectivity index (χ1n) is 9.57. The van der Waals surface area contributed by atoms with E-state index in [2.05, 4.69) is 34.6 Å². The molecule has 0 spiro atoms. The molecule has 0 fully saturated rings. The van der Waals surface area contributed by atoms with Crippen molar-refractivity contribution in [1.29, 1.82) is 0 Å². The molecule has 1 aliphatic rings. The van der Waals surface area contributed by atoms with Crippen molar-refractivity contribution in [3.8, 4) is 11.1 Å². The molecule has 152 valence electrons. The number of thiazole rings is 1. The lowest BCUT2D eigenvalue weighted by atomic mass is 9.98. The number of fused-ring (bicyclic) bond motifs is 3. The molecule has 30 heavy (non-hydrogen) atoms. The van der Waals surface area contributed by atoms with Crippen molar-refractivity contribution in [2.24, 2.45) is 0 Å². The zero-order valence-corrected chi connectivity index (χ0v) is 16.9. The van der Waals surface area contributed by atoms with Crippen LogP contribution in [0.25, 0.3) is 17.2 Å². The fraction of sp³-hybridized carbons (Fsp3) is 0.174. The minimum absolute atomic E-state index is 0.0381. The van der Waals surface area contributed by atoms with Gasteiger partial charge in [-0.2, -0.15) is 0 Å². The van der Waals surface area contributed by atoms with Crippen LogP contribution in [0.2, 0.25) is 0 Å². The Labute approximate surface area is 177 Å². The number of nitrogens with zero attached hydrogens (tertiary/aromatic N) is 1. The standard InChI is InChI=1S/C23H20N2O4S/c26-22(27)21-25-15(14-30-21)7-5-6-12-24-23(28)29-13-20-18-10-3-1-8-16(18)17-9-2-4-11-19(17)20/h1-5,7-11,14,20H,6,12-13H2,(H,24,28)(H,26,27). The Morgan fingerprint density at radius 1 is 1.10 bits per heavy atom. The predicted molar refractivity (Wildman–Crippen MR) is 116 cm³/mol. The normalized spacial score (nSPS) is 12.5. The van der Waals surface area contributed by atoms with Crippen molar-refractivity contribution in [3.05, 3.63) is 81.8 Å². The quantitative estimate of drug-likeness (QED) is 0.537. The van der Waals surface area contributed by atoms with Gasteiger partial charge in [-0.25, -0.2) is 14.6 Å². The first-order chi connectivity index (χ1) is 14.6. The van der Waals surface area contributed by atoms with Gasteiger partial charge >= 0.3 is 12.1 Å². The van der Waals surface area contributed by atoms with Crippen molar-refractivity contribution >= 4 is 29.5 Å². The third-order valence-electron chi connectivity index (χ3n) is 4.92. The molecule has 0 aliphatic heterocycles. The molecular formula is C23H20N2O4S. The molecule has 1 aromatic heterocycles. The van der Waals surface area contributed by atoms with Crippen LogP contribution in [0.3, 0.4) is 0 Å². The van der Waals surface area contributed by atoms with Crippen LogP contribution in [-0.4, -0.2) is 35.3 Å². The average molecular weight is 420 g/mol. The zero-order valence-electron chi connectivity index (χ0n) is 16.1. The number of carbonyl (C=O) groups is 2. The highest BCUT2D eigenvalue weighted by Crippen LogP contribution is 2.44. The first kappa shape index (κ1) is 19.8. The number of nitrogens with one attached hydrogen (secondary N) is 1. The van der Waals surface area contributed by atoms with Gasteiger partial charge in [0.05, 0.1) is 5.69 Å². The van der Waals surface area contributed by atoms with Gasteiger partial charge in [0.15, 0.2) is 0 Å². The molecule has 0 radical (unpaired) electrons. The number of hydrogen-bond acceptors (Lipinski definition) is 5. The Kier molecular flexibility index (Phi) is 5.90. The van der Waals surface area contributed by atoms with Gasteiger partial charge in [-0.1, -0.05) is 54.6 Å². The van der Waals surface area contributed by atoms with E-state index in [0.29, 0.717) is 18.7 Å². The molecule has 1 amide bonds. The number of benzene rings is 2. The van der Waals surface area contributed by atoms with Crippen molar-refractivity contribution in [2.45, 2.75) is 12.3 Å². The van der Waals surface area contributed by atoms with Crippen LogP contribution in [0.15, 0.2) is 60.0 Å². The number of carboxylic acids is 1. The predicted octanol–water partition coefficient (Wildman–Crippen LogP) is 4.78. The minimum atomic E-state index is -1.03. The Balaban J connectivity index is 1.26. The molecule has 0 saturated heterocycles. The van der Waals surface area contributed by atoms with Crippen molar-refractivity contribution in [1.82, 2.24) is 10.3 Å². The van der Waals surface area contributed by atoms with E-state index in [4.69, 9.17) is 9.84 Å². The average Bonchev–Trinajstić information content (AvgIpc) is 3.35. The maximum atomic E-state index is 12.1. The van der Waals surface area contributed by atoms with E-state index >= 15 is 0 Å². The molecule has 0 atom stereocenters. The van der Waals surface area contributed by atoms with Crippen LogP contribution in [0.5, 0.6) is 0 Å². The number of carbonyl (C=O) groups excluding carboxylic acids is 1. The summed E-state index contributed by atoms with van der Waals surface area (Å²) in [4.78, 5) is 26.9. The first-order valence-corrected chi connectivity index (χ1v) is 10.5. The molecule has 1 aliphatic carbocycles. The molecule has 2 aromatic carbocycles. The summed E-state index contributed by atoms with van der Waals surface area (Å²) in [6.45, 7) is 0.704. The number of amides is 1. The number of aromatic carboxylic acids is 1. The van der Waals surface area contributed by atoms with Crippen LogP contribution in [0.4, 0.5) is 4.79 Å². The molecule has 2 N–H and O–H groups in total. The maximum absolute atomic E-state index is 12.1. The van der Waals surface area contributed by atoms with E-state index < -0.39 is 12.1 Å². The van der Waals surface area contributed by atoms with E-state index in [1.807, 2.05) is 30.3 Å². The Bertz CT molecular complexity index is 1060. The van der Waals surface area contributed by atoms with Gasteiger partial charge < -0.3 is 15.2 Å². The third-order valence-corrected chi connectivity index (χ3v) is 5.77. The molecular weight excluding hydrogens is 400 g/mol. The number of alkyl carbamates (subject to hydrolysis) is 1. The summed E-state index contributed by atoms with van der Waals surface area (Å²) in [5.74, 6) is -0.993. The largest absolute Gasteiger partial charge is 0.476 e. The van der Waals surface area contributed by atoms with Gasteiger partial charge in [-0.3, -0.25) is 0 Å². The lowest BCUT2D eigenvalue weighted by molar-refractivity contribution is 0.0696. The second-order valence-corrected chi connectivity index (χ2v) is 7.68. The smallest absolute Gasteiger partial charge is 0.407 e. The fourth-order valence-corrected chi connectivity index (χ4v) is 4.19. The van der Waals surface area contributed by atoms with Crippen LogP contribution in [0.1, 0.15) is 39.0 Å². The van der Waals surface area contributed by atoms with E-state index in [-0.39, 0.29) is 17.5 Å². The third kappa shape index (κ3) is 4.26. The number of ether oxygens (including phenoxy) is 1. The fourth-order valence-electron chi connectivity index (χ4n) is 3.57. The number of carboxylic acid groups (broad SMARTS) is 1. The second kappa shape index (κ2) is 8.92. The lowest BCUT2D eigenvalue weighted by Gasteiger charge is -2.14. The van der Waals surface area contributed by atoms with E-state index in [0.717, 1.165) is 11.3 Å². The highest BCUT2D eigenvalue weighted by atomic mass is 32.1. The summed E-state index contributed by atoms with van der Waals surface area (Å²) < 4.78 is 5.48. The van der Waals surface area contributed by atoms with E-state index in [1.165, 1.54) is 22.3 Å². The van der Waals surface area contributed by atoms with Gasteiger partial charge in [-0.05, 0) is 34.8 Å². The molecule has 4 rings (SSSR count). The maximum Gasteiger partial charge on any atom is 0.407 e. The van der Waals surface area contributed by atoms with Crippen LogP contribution in [-0.2, 0) is 4.74 Å². The highest BCUT2D eigenvalue weighted by molar-refractivity contribution is 7.11. The highest BCUT2D eigenvalue weighted by Gasteiger charge is 2.28. The number of aromatic nitrogens is 1.